The predicted octanol–water partition coefficient (Wildman–Crippen LogP) is 2.96. The lowest BCUT2D eigenvalue weighted by atomic mass is 10.1. The molecule has 3 aromatic rings. The minimum absolute atomic E-state index is 0.140. The second-order valence-corrected chi connectivity index (χ2v) is 6.20. The van der Waals surface area contributed by atoms with Crippen LogP contribution < -0.4 is 4.74 Å². The third-order valence-electron chi connectivity index (χ3n) is 4.50. The van der Waals surface area contributed by atoms with E-state index in [2.05, 4.69) is 15.0 Å². The minimum Gasteiger partial charge on any atom is -0.481 e. The number of methoxy groups -OCH3 is 1. The Labute approximate surface area is 153 Å². The second kappa shape index (κ2) is 6.79. The number of aromatic nitrogens is 3. The molecule has 0 radical (unpaired) electrons. The SMILES string of the molecule is COc1ccc(-c2nc3c([nH]2)CN(C(=O)c2ccc(F)cc2F)CC3)cn1. The molecule has 3 heterocycles. The zero-order chi connectivity index (χ0) is 19.0. The maximum absolute atomic E-state index is 13.9. The fourth-order valence-electron chi connectivity index (χ4n) is 3.08. The summed E-state index contributed by atoms with van der Waals surface area (Å²) >= 11 is 0. The number of hydrogen-bond donors (Lipinski definition) is 1. The number of hydrogen-bond acceptors (Lipinski definition) is 4. The summed E-state index contributed by atoms with van der Waals surface area (Å²) in [4.78, 5) is 26.1. The van der Waals surface area contributed by atoms with Crippen molar-refractivity contribution in [3.05, 3.63) is 65.1 Å². The fourth-order valence-corrected chi connectivity index (χ4v) is 3.08. The van der Waals surface area contributed by atoms with E-state index >= 15 is 0 Å². The molecule has 2 aromatic heterocycles. The van der Waals surface area contributed by atoms with Gasteiger partial charge in [0.25, 0.3) is 5.91 Å². The Kier molecular flexibility index (Phi) is 4.31. The maximum atomic E-state index is 13.9. The van der Waals surface area contributed by atoms with E-state index in [4.69, 9.17) is 4.74 Å². The van der Waals surface area contributed by atoms with Crippen molar-refractivity contribution in [1.82, 2.24) is 19.9 Å². The van der Waals surface area contributed by atoms with Crippen molar-refractivity contribution in [3.63, 3.8) is 0 Å². The van der Waals surface area contributed by atoms with Crippen LogP contribution in [0.1, 0.15) is 21.7 Å². The summed E-state index contributed by atoms with van der Waals surface area (Å²) in [5, 5.41) is 0. The summed E-state index contributed by atoms with van der Waals surface area (Å²) in [6.07, 6.45) is 2.20. The topological polar surface area (TPSA) is 71.1 Å². The van der Waals surface area contributed by atoms with Crippen molar-refractivity contribution in [3.8, 4) is 17.3 Å². The van der Waals surface area contributed by atoms with Gasteiger partial charge in [-0.3, -0.25) is 4.79 Å². The lowest BCUT2D eigenvalue weighted by Gasteiger charge is -2.26. The van der Waals surface area contributed by atoms with Gasteiger partial charge in [0, 0.05) is 36.9 Å². The van der Waals surface area contributed by atoms with Crippen LogP contribution in [0.15, 0.2) is 36.5 Å². The quantitative estimate of drug-likeness (QED) is 0.770. The van der Waals surface area contributed by atoms with Gasteiger partial charge in [-0.05, 0) is 18.2 Å². The zero-order valence-corrected chi connectivity index (χ0v) is 14.5. The number of imidazole rings is 1. The van der Waals surface area contributed by atoms with E-state index in [0.29, 0.717) is 30.7 Å². The summed E-state index contributed by atoms with van der Waals surface area (Å²) in [5.74, 6) is -0.886. The summed E-state index contributed by atoms with van der Waals surface area (Å²) < 4.78 is 32.0. The highest BCUT2D eigenvalue weighted by atomic mass is 19.1. The molecular weight excluding hydrogens is 354 g/mol. The van der Waals surface area contributed by atoms with Crippen LogP contribution in [-0.4, -0.2) is 39.4 Å². The molecule has 0 saturated carbocycles. The first-order valence-corrected chi connectivity index (χ1v) is 8.37. The number of halogens is 2. The third-order valence-corrected chi connectivity index (χ3v) is 4.50. The standard InChI is InChI=1S/C19H16F2N4O2/c1-27-17-5-2-11(9-22-17)18-23-15-6-7-25(10-16(15)24-18)19(26)13-4-3-12(20)8-14(13)21/h2-5,8-9H,6-7,10H2,1H3,(H,23,24). The molecule has 0 atom stereocenters. The normalized spacial score (nSPS) is 13.4. The van der Waals surface area contributed by atoms with Gasteiger partial charge in [-0.1, -0.05) is 0 Å². The molecule has 4 rings (SSSR count). The number of fused-ring (bicyclic) bond motifs is 1. The van der Waals surface area contributed by atoms with Crippen LogP contribution in [-0.2, 0) is 13.0 Å². The summed E-state index contributed by atoms with van der Waals surface area (Å²) in [6, 6.07) is 6.55. The van der Waals surface area contributed by atoms with Crippen LogP contribution >= 0.6 is 0 Å². The van der Waals surface area contributed by atoms with Crippen molar-refractivity contribution in [2.24, 2.45) is 0 Å². The molecule has 0 aliphatic carbocycles. The molecular formula is C19H16F2N4O2. The maximum Gasteiger partial charge on any atom is 0.257 e. The number of ether oxygens (including phenoxy) is 1. The van der Waals surface area contributed by atoms with E-state index in [-0.39, 0.29) is 12.1 Å². The van der Waals surface area contributed by atoms with Crippen molar-refractivity contribution >= 4 is 5.91 Å². The van der Waals surface area contributed by atoms with Crippen LogP contribution in [0.4, 0.5) is 8.78 Å². The highest BCUT2D eigenvalue weighted by molar-refractivity contribution is 5.94. The number of pyridine rings is 1. The first-order valence-electron chi connectivity index (χ1n) is 8.37. The van der Waals surface area contributed by atoms with Gasteiger partial charge in [0.2, 0.25) is 5.88 Å². The van der Waals surface area contributed by atoms with E-state index in [1.165, 1.54) is 11.0 Å². The van der Waals surface area contributed by atoms with Gasteiger partial charge in [-0.25, -0.2) is 18.7 Å². The first kappa shape index (κ1) is 17.1. The van der Waals surface area contributed by atoms with Crippen molar-refractivity contribution in [2.75, 3.05) is 13.7 Å². The molecule has 8 heteroatoms. The average molecular weight is 370 g/mol. The molecule has 0 unspecified atom stereocenters. The van der Waals surface area contributed by atoms with E-state index in [0.717, 1.165) is 23.0 Å². The van der Waals surface area contributed by atoms with Gasteiger partial charge in [0.15, 0.2) is 0 Å². The molecule has 1 aliphatic rings. The lowest BCUT2D eigenvalue weighted by molar-refractivity contribution is 0.0727. The highest BCUT2D eigenvalue weighted by Crippen LogP contribution is 2.24. The molecule has 1 N–H and O–H groups in total. The molecule has 0 fully saturated rings. The molecule has 6 nitrogen and oxygen atoms in total. The van der Waals surface area contributed by atoms with Gasteiger partial charge in [-0.15, -0.1) is 0 Å². The molecule has 1 aliphatic heterocycles. The highest BCUT2D eigenvalue weighted by Gasteiger charge is 2.26. The number of benzene rings is 1. The number of H-pyrrole nitrogens is 1. The zero-order valence-electron chi connectivity index (χ0n) is 14.5. The largest absolute Gasteiger partial charge is 0.481 e. The Morgan fingerprint density at radius 2 is 2.11 bits per heavy atom. The van der Waals surface area contributed by atoms with Gasteiger partial charge in [0.05, 0.1) is 30.6 Å². The molecule has 1 aromatic carbocycles. The van der Waals surface area contributed by atoms with Crippen LogP contribution in [0.2, 0.25) is 0 Å². The Bertz CT molecular complexity index is 1000. The number of amides is 1. The van der Waals surface area contributed by atoms with E-state index < -0.39 is 17.5 Å². The molecule has 0 spiro atoms. The number of aromatic amines is 1. The smallest absolute Gasteiger partial charge is 0.257 e. The van der Waals surface area contributed by atoms with E-state index in [9.17, 15) is 13.6 Å². The summed E-state index contributed by atoms with van der Waals surface area (Å²) in [7, 11) is 1.54. The van der Waals surface area contributed by atoms with Crippen LogP contribution in [0, 0.1) is 11.6 Å². The van der Waals surface area contributed by atoms with Crippen molar-refractivity contribution in [2.45, 2.75) is 13.0 Å². The molecule has 0 bridgehead atoms. The van der Waals surface area contributed by atoms with E-state index in [1.54, 1.807) is 19.4 Å². The lowest BCUT2D eigenvalue weighted by Crippen LogP contribution is -2.36. The minimum atomic E-state index is -0.861. The Balaban J connectivity index is 1.56. The molecule has 1 amide bonds. The Hall–Kier alpha value is -3.29. The fraction of sp³-hybridized carbons (Fsp3) is 0.211. The number of carbonyl (C=O) groups is 1. The second-order valence-electron chi connectivity index (χ2n) is 6.20. The number of carbonyl (C=O) groups excluding carboxylic acids is 1. The Morgan fingerprint density at radius 3 is 2.81 bits per heavy atom. The van der Waals surface area contributed by atoms with Crippen molar-refractivity contribution in [1.29, 1.82) is 0 Å². The van der Waals surface area contributed by atoms with Gasteiger partial charge < -0.3 is 14.6 Å². The average Bonchev–Trinajstić information content (AvgIpc) is 3.11. The van der Waals surface area contributed by atoms with Crippen LogP contribution in [0.5, 0.6) is 5.88 Å². The van der Waals surface area contributed by atoms with Gasteiger partial charge in [-0.2, -0.15) is 0 Å². The number of rotatable bonds is 3. The number of nitrogens with one attached hydrogen (secondary N) is 1. The molecule has 0 saturated heterocycles. The first-order chi connectivity index (χ1) is 13.0. The van der Waals surface area contributed by atoms with Gasteiger partial charge >= 0.3 is 0 Å². The molecule has 138 valence electrons. The van der Waals surface area contributed by atoms with E-state index in [1.807, 2.05) is 6.07 Å². The predicted molar refractivity (Wildman–Crippen MR) is 93.2 cm³/mol. The van der Waals surface area contributed by atoms with Crippen LogP contribution in [0.3, 0.4) is 0 Å². The van der Waals surface area contributed by atoms with Crippen molar-refractivity contribution < 1.29 is 18.3 Å². The Morgan fingerprint density at radius 1 is 1.26 bits per heavy atom. The summed E-state index contributed by atoms with van der Waals surface area (Å²) in [6.45, 7) is 0.690. The number of nitrogens with zero attached hydrogens (tertiary/aromatic N) is 3. The summed E-state index contributed by atoms with van der Waals surface area (Å²) in [5.41, 5.74) is 2.32. The monoisotopic (exact) mass is 370 g/mol. The van der Waals surface area contributed by atoms with Gasteiger partial charge in [0.1, 0.15) is 17.5 Å². The molecule has 27 heavy (non-hydrogen) atoms. The third kappa shape index (κ3) is 3.25. The van der Waals surface area contributed by atoms with Crippen LogP contribution in [0.25, 0.3) is 11.4 Å².